The maximum absolute atomic E-state index is 11.6. The van der Waals surface area contributed by atoms with Crippen LogP contribution in [0.3, 0.4) is 0 Å². The van der Waals surface area contributed by atoms with Gasteiger partial charge in [-0.15, -0.1) is 0 Å². The number of carbonyl (C=O) groups is 4. The summed E-state index contributed by atoms with van der Waals surface area (Å²) in [6, 6.07) is -1.45. The van der Waals surface area contributed by atoms with Gasteiger partial charge < -0.3 is 20.3 Å². The van der Waals surface area contributed by atoms with Crippen LogP contribution >= 0.6 is 22.6 Å². The Morgan fingerprint density at radius 3 is 2.17 bits per heavy atom. The van der Waals surface area contributed by atoms with E-state index in [-0.39, 0.29) is 12.2 Å². The van der Waals surface area contributed by atoms with Gasteiger partial charge in [-0.25, -0.2) is 4.79 Å². The van der Waals surface area contributed by atoms with Crippen LogP contribution < -0.4 is 5.32 Å². The van der Waals surface area contributed by atoms with Crippen molar-refractivity contribution in [2.24, 2.45) is 0 Å². The van der Waals surface area contributed by atoms with Gasteiger partial charge in [0.1, 0.15) is 11.8 Å². The summed E-state index contributed by atoms with van der Waals surface area (Å²) >= 11 is 1.79. The van der Waals surface area contributed by atoms with Gasteiger partial charge >= 0.3 is 11.9 Å². The van der Waals surface area contributed by atoms with Crippen molar-refractivity contribution in [1.29, 1.82) is 0 Å². The predicted octanol–water partition coefficient (Wildman–Crippen LogP) is 0.203. The Balaban J connectivity index is 4.36. The molecule has 8 heteroatoms. The summed E-state index contributed by atoms with van der Waals surface area (Å²) in [6.07, 6.45) is -0.171. The Morgan fingerprint density at radius 1 is 1.22 bits per heavy atom. The molecular weight excluding hydrogens is 357 g/mol. The molecule has 3 N–H and O–H groups in total. The van der Waals surface area contributed by atoms with Crippen LogP contribution in [0.15, 0.2) is 0 Å². The summed E-state index contributed by atoms with van der Waals surface area (Å²) in [7, 11) is 0. The topological polar surface area (TPSA) is 121 Å². The minimum Gasteiger partial charge on any atom is -0.481 e. The van der Waals surface area contributed by atoms with Crippen LogP contribution in [0.2, 0.25) is 0 Å². The number of alkyl halides is 1. The second-order valence-electron chi connectivity index (χ2n) is 3.71. The van der Waals surface area contributed by atoms with Crippen molar-refractivity contribution in [3.8, 4) is 0 Å². The number of nitrogens with one attached hydrogen (secondary N) is 1. The van der Waals surface area contributed by atoms with Gasteiger partial charge in [0.25, 0.3) is 0 Å². The zero-order chi connectivity index (χ0) is 14.3. The Bertz CT molecular complexity index is 356. The van der Waals surface area contributed by atoms with Gasteiger partial charge in [0, 0.05) is 6.42 Å². The van der Waals surface area contributed by atoms with E-state index in [0.717, 1.165) is 0 Å². The molecule has 0 aromatic heterocycles. The number of amides is 1. The van der Waals surface area contributed by atoms with E-state index in [1.165, 1.54) is 6.92 Å². The maximum Gasteiger partial charge on any atom is 0.326 e. The van der Waals surface area contributed by atoms with Crippen LogP contribution in [-0.2, 0) is 19.2 Å². The number of rotatable bonds is 8. The fraction of sp³-hybridized carbons (Fsp3) is 0.600. The highest BCUT2D eigenvalue weighted by Gasteiger charge is 2.25. The van der Waals surface area contributed by atoms with Crippen molar-refractivity contribution >= 4 is 46.2 Å². The molecule has 0 aliphatic carbocycles. The van der Waals surface area contributed by atoms with Crippen molar-refractivity contribution in [3.05, 3.63) is 0 Å². The van der Waals surface area contributed by atoms with Crippen LogP contribution in [0.5, 0.6) is 0 Å². The Kier molecular flexibility index (Phi) is 7.48. The van der Waals surface area contributed by atoms with Gasteiger partial charge in [-0.2, -0.15) is 0 Å². The van der Waals surface area contributed by atoms with Gasteiger partial charge in [-0.1, -0.05) is 22.6 Å². The number of aliphatic carboxylic acids is 2. The lowest BCUT2D eigenvalue weighted by molar-refractivity contribution is -0.147. The number of halogens is 1. The van der Waals surface area contributed by atoms with E-state index in [0.29, 0.717) is 6.42 Å². The van der Waals surface area contributed by atoms with Crippen molar-refractivity contribution < 1.29 is 29.4 Å². The van der Waals surface area contributed by atoms with Crippen LogP contribution in [0.25, 0.3) is 0 Å². The molecule has 0 radical (unpaired) electrons. The number of carboxylic acid groups (broad SMARTS) is 2. The molecule has 0 aromatic rings. The molecule has 0 spiro atoms. The fourth-order valence-corrected chi connectivity index (χ4v) is 1.59. The molecule has 102 valence electrons. The SMILES string of the molecule is CC(=O)CCC(I)C(=O)NC(CC(=O)O)C(=O)O. The van der Waals surface area contributed by atoms with Gasteiger partial charge in [0.05, 0.1) is 10.3 Å². The van der Waals surface area contributed by atoms with E-state index in [2.05, 4.69) is 5.32 Å². The molecule has 0 bridgehead atoms. The Hall–Kier alpha value is -1.19. The number of carbonyl (C=O) groups excluding carboxylic acids is 2. The molecule has 0 heterocycles. The lowest BCUT2D eigenvalue weighted by Gasteiger charge is -2.15. The summed E-state index contributed by atoms with van der Waals surface area (Å²) < 4.78 is -0.567. The summed E-state index contributed by atoms with van der Waals surface area (Å²) in [6.45, 7) is 1.39. The third-order valence-electron chi connectivity index (χ3n) is 2.03. The van der Waals surface area contributed by atoms with Crippen molar-refractivity contribution in [2.75, 3.05) is 0 Å². The molecule has 7 nitrogen and oxygen atoms in total. The molecule has 0 aliphatic rings. The van der Waals surface area contributed by atoms with Gasteiger partial charge in [-0.05, 0) is 13.3 Å². The first kappa shape index (κ1) is 16.8. The minimum atomic E-state index is -1.45. The third-order valence-corrected chi connectivity index (χ3v) is 3.22. The summed E-state index contributed by atoms with van der Waals surface area (Å²) in [4.78, 5) is 43.4. The number of carboxylic acids is 2. The van der Waals surface area contributed by atoms with Crippen molar-refractivity contribution in [3.63, 3.8) is 0 Å². The molecule has 0 saturated carbocycles. The van der Waals surface area contributed by atoms with Crippen LogP contribution in [0.4, 0.5) is 0 Å². The average Bonchev–Trinajstić information content (AvgIpc) is 2.23. The molecule has 2 atom stereocenters. The Morgan fingerprint density at radius 2 is 1.78 bits per heavy atom. The lowest BCUT2D eigenvalue weighted by Crippen LogP contribution is -2.45. The molecular formula is C10H14INO6. The molecule has 0 aromatic carbocycles. The maximum atomic E-state index is 11.6. The highest BCUT2D eigenvalue weighted by Crippen LogP contribution is 2.10. The normalized spacial score (nSPS) is 13.4. The number of hydrogen-bond donors (Lipinski definition) is 3. The lowest BCUT2D eigenvalue weighted by atomic mass is 10.1. The summed E-state index contributed by atoms with van der Waals surface area (Å²) in [5.74, 6) is -3.35. The molecule has 18 heavy (non-hydrogen) atoms. The standard InChI is InChI=1S/C10H14INO6/c1-5(13)2-3-6(11)9(16)12-7(10(17)18)4-8(14)15/h6-7H,2-4H2,1H3,(H,12,16)(H,14,15)(H,17,18). The number of Topliss-reactive ketones (excluding diaryl/α,β-unsaturated/α-hetero) is 1. The van der Waals surface area contributed by atoms with Crippen molar-refractivity contribution in [1.82, 2.24) is 5.32 Å². The van der Waals surface area contributed by atoms with E-state index >= 15 is 0 Å². The van der Waals surface area contributed by atoms with Crippen LogP contribution in [-0.4, -0.2) is 43.8 Å². The quantitative estimate of drug-likeness (QED) is 0.414. The van der Waals surface area contributed by atoms with Crippen LogP contribution in [0, 0.1) is 0 Å². The predicted molar refractivity (Wildman–Crippen MR) is 69.5 cm³/mol. The molecule has 2 unspecified atom stereocenters. The van der Waals surface area contributed by atoms with E-state index in [9.17, 15) is 19.2 Å². The summed E-state index contributed by atoms with van der Waals surface area (Å²) in [5, 5.41) is 19.4. The smallest absolute Gasteiger partial charge is 0.326 e. The zero-order valence-electron chi connectivity index (χ0n) is 9.68. The zero-order valence-corrected chi connectivity index (χ0v) is 11.8. The van der Waals surface area contributed by atoms with E-state index in [1.54, 1.807) is 22.6 Å². The average molecular weight is 371 g/mol. The minimum absolute atomic E-state index is 0.0650. The van der Waals surface area contributed by atoms with Gasteiger partial charge in [-0.3, -0.25) is 9.59 Å². The first-order valence-corrected chi connectivity index (χ1v) is 6.37. The monoisotopic (exact) mass is 371 g/mol. The van der Waals surface area contributed by atoms with E-state index in [1.807, 2.05) is 0 Å². The molecule has 0 rings (SSSR count). The van der Waals surface area contributed by atoms with Gasteiger partial charge in [0.2, 0.25) is 5.91 Å². The second-order valence-corrected chi connectivity index (χ2v) is 5.21. The first-order valence-electron chi connectivity index (χ1n) is 5.12. The largest absolute Gasteiger partial charge is 0.481 e. The highest BCUT2D eigenvalue weighted by atomic mass is 127. The number of hydrogen-bond acceptors (Lipinski definition) is 4. The molecule has 0 saturated heterocycles. The summed E-state index contributed by atoms with van der Waals surface area (Å²) in [5.41, 5.74) is 0. The fourth-order valence-electron chi connectivity index (χ4n) is 1.10. The Labute approximate surface area is 117 Å². The van der Waals surface area contributed by atoms with Gasteiger partial charge in [0.15, 0.2) is 0 Å². The first-order chi connectivity index (χ1) is 8.23. The molecule has 0 aliphatic heterocycles. The highest BCUT2D eigenvalue weighted by molar-refractivity contribution is 14.1. The van der Waals surface area contributed by atoms with Crippen LogP contribution in [0.1, 0.15) is 26.2 Å². The van der Waals surface area contributed by atoms with E-state index in [4.69, 9.17) is 10.2 Å². The number of ketones is 1. The second kappa shape index (κ2) is 8.01. The molecule has 0 fully saturated rings. The third kappa shape index (κ3) is 7.20. The van der Waals surface area contributed by atoms with Crippen molar-refractivity contribution in [2.45, 2.75) is 36.2 Å². The van der Waals surface area contributed by atoms with E-state index < -0.39 is 34.2 Å². The molecule has 1 amide bonds.